The molecular weight excluding hydrogens is 414 g/mol. The van der Waals surface area contributed by atoms with Crippen molar-refractivity contribution < 1.29 is 9.90 Å². The van der Waals surface area contributed by atoms with Crippen LogP contribution in [0.2, 0.25) is 0 Å². The fourth-order valence-electron chi connectivity index (χ4n) is 4.20. The summed E-state index contributed by atoms with van der Waals surface area (Å²) >= 11 is 1.57. The summed E-state index contributed by atoms with van der Waals surface area (Å²) in [5.74, 6) is -0.657. The second-order valence-corrected chi connectivity index (χ2v) is 8.89. The highest BCUT2D eigenvalue weighted by atomic mass is 32.1. The number of thiophene rings is 1. The summed E-state index contributed by atoms with van der Waals surface area (Å²) in [6.45, 7) is 1.61. The number of rotatable bonds is 3. The Hall–Kier alpha value is -3.33. The Morgan fingerprint density at radius 2 is 2.03 bits per heavy atom. The SMILES string of the molecule is C[C@@H](C(=O)N=Nc1c(O)n(C)c2ccccc12)n1cnc2sc3c(c2c1=O)CCCC3. The first-order valence-corrected chi connectivity index (χ1v) is 11.0. The van der Waals surface area contributed by atoms with Crippen LogP contribution < -0.4 is 5.56 Å². The average Bonchev–Trinajstić information content (AvgIpc) is 3.28. The van der Waals surface area contributed by atoms with Crippen LogP contribution in [0.1, 0.15) is 36.2 Å². The number of hydrogen-bond acceptors (Lipinski definition) is 6. The van der Waals surface area contributed by atoms with E-state index in [2.05, 4.69) is 15.2 Å². The average molecular weight is 436 g/mol. The zero-order valence-corrected chi connectivity index (χ0v) is 18.0. The summed E-state index contributed by atoms with van der Waals surface area (Å²) in [6, 6.07) is 6.48. The summed E-state index contributed by atoms with van der Waals surface area (Å²) in [5.41, 5.74) is 1.88. The first-order chi connectivity index (χ1) is 15.0. The minimum absolute atomic E-state index is 0.0736. The summed E-state index contributed by atoms with van der Waals surface area (Å²) < 4.78 is 2.91. The third kappa shape index (κ3) is 3.07. The van der Waals surface area contributed by atoms with Crippen LogP contribution in [0.5, 0.6) is 5.88 Å². The first-order valence-electron chi connectivity index (χ1n) is 10.2. The Morgan fingerprint density at radius 3 is 2.87 bits per heavy atom. The maximum atomic E-state index is 13.2. The third-order valence-electron chi connectivity index (χ3n) is 5.97. The number of para-hydroxylation sites is 1. The van der Waals surface area contributed by atoms with Crippen molar-refractivity contribution in [1.29, 1.82) is 0 Å². The van der Waals surface area contributed by atoms with Crippen molar-refractivity contribution in [2.45, 2.75) is 38.6 Å². The zero-order valence-electron chi connectivity index (χ0n) is 17.2. The third-order valence-corrected chi connectivity index (χ3v) is 7.17. The van der Waals surface area contributed by atoms with Gasteiger partial charge in [0.15, 0.2) is 5.69 Å². The smallest absolute Gasteiger partial charge is 0.287 e. The fraction of sp³-hybridized carbons (Fsp3) is 0.318. The number of aromatic nitrogens is 3. The van der Waals surface area contributed by atoms with Gasteiger partial charge in [-0.05, 0) is 44.2 Å². The van der Waals surface area contributed by atoms with Crippen molar-refractivity contribution in [2.24, 2.45) is 17.3 Å². The summed E-state index contributed by atoms with van der Waals surface area (Å²) in [5, 5.41) is 19.5. The molecule has 31 heavy (non-hydrogen) atoms. The van der Waals surface area contributed by atoms with E-state index in [9.17, 15) is 14.7 Å². The van der Waals surface area contributed by atoms with Crippen molar-refractivity contribution in [3.05, 3.63) is 51.4 Å². The van der Waals surface area contributed by atoms with Gasteiger partial charge in [-0.2, -0.15) is 0 Å². The van der Waals surface area contributed by atoms with Crippen LogP contribution in [0.25, 0.3) is 21.1 Å². The Balaban J connectivity index is 1.50. The highest BCUT2D eigenvalue weighted by Gasteiger charge is 2.23. The molecule has 3 heterocycles. The quantitative estimate of drug-likeness (QED) is 0.482. The van der Waals surface area contributed by atoms with Gasteiger partial charge in [-0.15, -0.1) is 21.6 Å². The molecule has 0 saturated carbocycles. The molecule has 158 valence electrons. The van der Waals surface area contributed by atoms with Gasteiger partial charge in [0.25, 0.3) is 11.5 Å². The number of benzene rings is 1. The zero-order chi connectivity index (χ0) is 21.7. The van der Waals surface area contributed by atoms with Crippen molar-refractivity contribution in [3.8, 4) is 5.88 Å². The summed E-state index contributed by atoms with van der Waals surface area (Å²) in [4.78, 5) is 32.3. The molecule has 5 rings (SSSR count). The number of aromatic hydroxyl groups is 1. The van der Waals surface area contributed by atoms with Crippen LogP contribution in [0.3, 0.4) is 0 Å². The lowest BCUT2D eigenvalue weighted by atomic mass is 9.97. The molecule has 0 fully saturated rings. The molecule has 0 bridgehead atoms. The summed E-state index contributed by atoms with van der Waals surface area (Å²) in [7, 11) is 1.71. The molecule has 4 aromatic rings. The van der Waals surface area contributed by atoms with Crippen LogP contribution in [0.4, 0.5) is 5.69 Å². The van der Waals surface area contributed by atoms with E-state index >= 15 is 0 Å². The molecule has 1 aromatic carbocycles. The highest BCUT2D eigenvalue weighted by Crippen LogP contribution is 2.38. The molecule has 8 nitrogen and oxygen atoms in total. The van der Waals surface area contributed by atoms with Crippen LogP contribution in [0, 0.1) is 0 Å². The number of aryl methyl sites for hydroxylation is 3. The van der Waals surface area contributed by atoms with Crippen LogP contribution in [-0.4, -0.2) is 25.1 Å². The standard InChI is InChI=1S/C22H21N5O3S/c1-12(19(28)25-24-18-13-7-3-5-9-15(13)26(2)22(18)30)27-11-23-20-17(21(27)29)14-8-4-6-10-16(14)31-20/h3,5,7,9,11-12,30H,4,6,8,10H2,1-2H3/t12-/m0/s1. The van der Waals surface area contributed by atoms with Crippen LogP contribution in [-0.2, 0) is 24.7 Å². The van der Waals surface area contributed by atoms with E-state index in [0.29, 0.717) is 10.8 Å². The van der Waals surface area contributed by atoms with Gasteiger partial charge in [-0.25, -0.2) is 4.98 Å². The lowest BCUT2D eigenvalue weighted by Crippen LogP contribution is -2.27. The van der Waals surface area contributed by atoms with Crippen LogP contribution >= 0.6 is 11.3 Å². The molecule has 1 amide bonds. The predicted octanol–water partition coefficient (Wildman–Crippen LogP) is 4.41. The Bertz CT molecular complexity index is 1430. The largest absolute Gasteiger partial charge is 0.493 e. The molecule has 1 aliphatic carbocycles. The number of hydrogen-bond donors (Lipinski definition) is 1. The van der Waals surface area contributed by atoms with E-state index in [-0.39, 0.29) is 17.1 Å². The van der Waals surface area contributed by atoms with Gasteiger partial charge in [-0.3, -0.25) is 14.2 Å². The Labute approximate surface area is 181 Å². The molecule has 9 heteroatoms. The molecule has 0 aliphatic heterocycles. The van der Waals surface area contributed by atoms with E-state index in [4.69, 9.17) is 0 Å². The van der Waals surface area contributed by atoms with Gasteiger partial charge in [0.05, 0.1) is 17.2 Å². The van der Waals surface area contributed by atoms with E-state index in [1.807, 2.05) is 18.2 Å². The summed E-state index contributed by atoms with van der Waals surface area (Å²) in [6.07, 6.45) is 5.46. The van der Waals surface area contributed by atoms with Gasteiger partial charge < -0.3 is 9.67 Å². The molecule has 0 unspecified atom stereocenters. The number of carbonyl (C=O) groups is 1. The fourth-order valence-corrected chi connectivity index (χ4v) is 5.41. The lowest BCUT2D eigenvalue weighted by molar-refractivity contribution is -0.121. The molecule has 1 atom stereocenters. The number of amides is 1. The number of azo groups is 1. The van der Waals surface area contributed by atoms with E-state index in [0.717, 1.165) is 41.6 Å². The molecule has 0 saturated heterocycles. The van der Waals surface area contributed by atoms with Gasteiger partial charge in [0, 0.05) is 17.3 Å². The van der Waals surface area contributed by atoms with E-state index < -0.39 is 11.9 Å². The molecule has 0 spiro atoms. The normalized spacial score (nSPS) is 15.0. The number of nitrogens with zero attached hydrogens (tertiary/aromatic N) is 5. The first kappa shape index (κ1) is 19.6. The molecule has 3 aromatic heterocycles. The highest BCUT2D eigenvalue weighted by molar-refractivity contribution is 7.18. The van der Waals surface area contributed by atoms with Crippen molar-refractivity contribution >= 4 is 44.1 Å². The minimum atomic E-state index is -0.857. The molecular formula is C22H21N5O3S. The maximum Gasteiger partial charge on any atom is 0.287 e. The van der Waals surface area contributed by atoms with Crippen molar-refractivity contribution in [2.75, 3.05) is 0 Å². The van der Waals surface area contributed by atoms with E-state index in [1.54, 1.807) is 35.9 Å². The van der Waals surface area contributed by atoms with Crippen LogP contribution in [0.15, 0.2) is 45.6 Å². The number of carbonyl (C=O) groups excluding carboxylic acids is 1. The van der Waals surface area contributed by atoms with Gasteiger partial charge in [0.2, 0.25) is 5.88 Å². The van der Waals surface area contributed by atoms with Gasteiger partial charge >= 0.3 is 0 Å². The minimum Gasteiger partial charge on any atom is -0.493 e. The monoisotopic (exact) mass is 435 g/mol. The Morgan fingerprint density at radius 1 is 1.26 bits per heavy atom. The molecule has 0 radical (unpaired) electrons. The Kier molecular flexibility index (Phi) is 4.70. The predicted molar refractivity (Wildman–Crippen MR) is 119 cm³/mol. The van der Waals surface area contributed by atoms with Gasteiger partial charge in [0.1, 0.15) is 10.9 Å². The number of fused-ring (bicyclic) bond motifs is 4. The van der Waals surface area contributed by atoms with E-state index in [1.165, 1.54) is 15.8 Å². The maximum absolute atomic E-state index is 13.2. The lowest BCUT2D eigenvalue weighted by Gasteiger charge is -2.12. The molecule has 1 aliphatic rings. The van der Waals surface area contributed by atoms with Gasteiger partial charge in [-0.1, -0.05) is 18.2 Å². The topological polar surface area (TPSA) is 102 Å². The van der Waals surface area contributed by atoms with Crippen molar-refractivity contribution in [3.63, 3.8) is 0 Å². The molecule has 1 N–H and O–H groups in total. The second-order valence-electron chi connectivity index (χ2n) is 7.81. The second kappa shape index (κ2) is 7.42. The van der Waals surface area contributed by atoms with Crippen molar-refractivity contribution in [1.82, 2.24) is 14.1 Å².